The Bertz CT molecular complexity index is 995. The van der Waals surface area contributed by atoms with E-state index in [2.05, 4.69) is 46.3 Å². The summed E-state index contributed by atoms with van der Waals surface area (Å²) < 4.78 is 0. The molecule has 3 heteroatoms. The topological polar surface area (TPSA) is 33.2 Å². The van der Waals surface area contributed by atoms with Gasteiger partial charge in [-0.15, -0.1) is 0 Å². The third kappa shape index (κ3) is 4.20. The number of likely N-dealkylation sites (tertiary alicyclic amines) is 1. The van der Waals surface area contributed by atoms with Crippen LogP contribution in [-0.2, 0) is 11.3 Å². The first-order valence-electron chi connectivity index (χ1n) is 10.0. The van der Waals surface area contributed by atoms with Gasteiger partial charge in [-0.25, -0.2) is 0 Å². The number of hydrogen-bond donors (Lipinski definition) is 0. The molecule has 3 nitrogen and oxygen atoms in total. The predicted molar refractivity (Wildman–Crippen MR) is 117 cm³/mol. The molecular formula is C26H26N2O. The van der Waals surface area contributed by atoms with Crippen molar-refractivity contribution in [3.05, 3.63) is 107 Å². The molecule has 0 saturated carbocycles. The van der Waals surface area contributed by atoms with Crippen molar-refractivity contribution in [1.82, 2.24) is 9.88 Å². The normalized spacial score (nSPS) is 20.7. The summed E-state index contributed by atoms with van der Waals surface area (Å²) in [5, 5.41) is 0. The number of benzene rings is 2. The molecule has 3 aromatic rings. The Kier molecular flexibility index (Phi) is 5.41. The van der Waals surface area contributed by atoms with E-state index in [9.17, 15) is 4.79 Å². The van der Waals surface area contributed by atoms with Gasteiger partial charge >= 0.3 is 0 Å². The van der Waals surface area contributed by atoms with Crippen molar-refractivity contribution in [2.24, 2.45) is 5.41 Å². The number of carbonyl (C=O) groups is 1. The molecule has 2 heterocycles. The first-order valence-corrected chi connectivity index (χ1v) is 10.0. The molecule has 1 atom stereocenters. The average molecular weight is 383 g/mol. The van der Waals surface area contributed by atoms with Crippen LogP contribution in [0.4, 0.5) is 0 Å². The fourth-order valence-corrected chi connectivity index (χ4v) is 4.14. The fraction of sp³-hybridized carbons (Fsp3) is 0.231. The quantitative estimate of drug-likeness (QED) is 0.573. The third-order valence-electron chi connectivity index (χ3n) is 5.47. The van der Waals surface area contributed by atoms with Crippen LogP contribution in [0.1, 0.15) is 36.7 Å². The number of Topliss-reactive ketones (excluding diaryl/α,β-unsaturated/α-hetero) is 1. The maximum Gasteiger partial charge on any atom is 0.167 e. The molecule has 1 saturated heterocycles. The van der Waals surface area contributed by atoms with E-state index >= 15 is 0 Å². The number of hydrogen-bond acceptors (Lipinski definition) is 3. The van der Waals surface area contributed by atoms with Crippen LogP contribution in [0.25, 0.3) is 6.08 Å². The molecule has 0 aliphatic carbocycles. The number of aromatic nitrogens is 1. The highest BCUT2D eigenvalue weighted by Crippen LogP contribution is 2.42. The van der Waals surface area contributed by atoms with Gasteiger partial charge in [-0.3, -0.25) is 14.7 Å². The van der Waals surface area contributed by atoms with Crippen molar-refractivity contribution in [2.75, 3.05) is 6.54 Å². The molecule has 146 valence electrons. The van der Waals surface area contributed by atoms with E-state index in [4.69, 9.17) is 0 Å². The van der Waals surface area contributed by atoms with Crippen LogP contribution in [0.2, 0.25) is 0 Å². The summed E-state index contributed by atoms with van der Waals surface area (Å²) in [6.45, 7) is 5.58. The summed E-state index contributed by atoms with van der Waals surface area (Å²) in [6, 6.07) is 26.5. The van der Waals surface area contributed by atoms with E-state index in [0.29, 0.717) is 6.54 Å². The van der Waals surface area contributed by atoms with Crippen molar-refractivity contribution < 1.29 is 4.79 Å². The average Bonchev–Trinajstić information content (AvgIpc) is 2.74. The molecule has 0 bridgehead atoms. The van der Waals surface area contributed by atoms with Crippen LogP contribution in [0.5, 0.6) is 0 Å². The summed E-state index contributed by atoms with van der Waals surface area (Å²) in [5.41, 5.74) is 3.54. The fourth-order valence-electron chi connectivity index (χ4n) is 4.14. The zero-order valence-electron chi connectivity index (χ0n) is 17.0. The van der Waals surface area contributed by atoms with Crippen molar-refractivity contribution in [1.29, 1.82) is 0 Å². The first kappa shape index (κ1) is 19.3. The smallest absolute Gasteiger partial charge is 0.167 e. The lowest BCUT2D eigenvalue weighted by atomic mass is 9.74. The lowest BCUT2D eigenvalue weighted by Gasteiger charge is -2.44. The largest absolute Gasteiger partial charge is 0.294 e. The number of pyridine rings is 1. The van der Waals surface area contributed by atoms with Gasteiger partial charge < -0.3 is 0 Å². The molecule has 0 amide bonds. The van der Waals surface area contributed by atoms with E-state index in [1.165, 1.54) is 5.56 Å². The number of carbonyl (C=O) groups excluding carboxylic acids is 1. The lowest BCUT2D eigenvalue weighted by molar-refractivity contribution is -0.128. The van der Waals surface area contributed by atoms with Crippen LogP contribution in [-0.4, -0.2) is 22.2 Å². The number of ketones is 1. The predicted octanol–water partition coefficient (Wildman–Crippen LogP) is 5.32. The number of nitrogens with zero attached hydrogens (tertiary/aromatic N) is 2. The molecule has 0 spiro atoms. The number of piperidine rings is 1. The summed E-state index contributed by atoms with van der Waals surface area (Å²) in [6.07, 6.45) is 3.74. The van der Waals surface area contributed by atoms with Gasteiger partial charge in [-0.2, -0.15) is 0 Å². The minimum absolute atomic E-state index is 0.0982. The first-order chi connectivity index (χ1) is 14.0. The Hall–Kier alpha value is -3.04. The van der Waals surface area contributed by atoms with Crippen LogP contribution in [0.3, 0.4) is 0 Å². The molecule has 1 aliphatic rings. The molecule has 29 heavy (non-hydrogen) atoms. The van der Waals surface area contributed by atoms with Gasteiger partial charge in [0.15, 0.2) is 5.78 Å². The van der Waals surface area contributed by atoms with Gasteiger partial charge in [-0.1, -0.05) is 80.6 Å². The summed E-state index contributed by atoms with van der Waals surface area (Å²) in [5.74, 6) is 0.196. The zero-order valence-corrected chi connectivity index (χ0v) is 17.0. The monoisotopic (exact) mass is 382 g/mol. The highest BCUT2D eigenvalue weighted by molar-refractivity contribution is 6.05. The summed E-state index contributed by atoms with van der Waals surface area (Å²) in [4.78, 5) is 20.4. The Morgan fingerprint density at radius 2 is 1.62 bits per heavy atom. The van der Waals surface area contributed by atoms with Gasteiger partial charge in [0.1, 0.15) is 0 Å². The Morgan fingerprint density at radius 3 is 2.28 bits per heavy atom. The molecule has 1 fully saturated rings. The minimum atomic E-state index is -0.458. The van der Waals surface area contributed by atoms with E-state index in [1.807, 2.05) is 62.4 Å². The summed E-state index contributed by atoms with van der Waals surface area (Å²) >= 11 is 0. The highest BCUT2D eigenvalue weighted by atomic mass is 16.1. The third-order valence-corrected chi connectivity index (χ3v) is 5.47. The second-order valence-corrected chi connectivity index (χ2v) is 8.27. The van der Waals surface area contributed by atoms with Gasteiger partial charge in [0.05, 0.1) is 11.7 Å². The van der Waals surface area contributed by atoms with Crippen LogP contribution in [0.15, 0.2) is 90.6 Å². The van der Waals surface area contributed by atoms with Crippen LogP contribution in [0, 0.1) is 5.41 Å². The van der Waals surface area contributed by atoms with Crippen LogP contribution < -0.4 is 0 Å². The molecule has 1 aromatic heterocycles. The molecule has 1 unspecified atom stereocenters. The molecule has 0 radical (unpaired) electrons. The second kappa shape index (κ2) is 8.14. The van der Waals surface area contributed by atoms with E-state index in [0.717, 1.165) is 23.4 Å². The van der Waals surface area contributed by atoms with Crippen LogP contribution >= 0.6 is 0 Å². The van der Waals surface area contributed by atoms with Crippen molar-refractivity contribution in [3.63, 3.8) is 0 Å². The summed E-state index contributed by atoms with van der Waals surface area (Å²) in [7, 11) is 0. The standard InChI is InChI=1S/C26H26N2O/c1-26(2)19-28(18-20-11-5-3-6-12-20)24(21-13-7-4-8-14-21)23(25(26)29)17-22-15-9-10-16-27-22/h3-17,24H,18-19H2,1-2H3. The lowest BCUT2D eigenvalue weighted by Crippen LogP contribution is -2.49. The van der Waals surface area contributed by atoms with Crippen molar-refractivity contribution >= 4 is 11.9 Å². The second-order valence-electron chi connectivity index (χ2n) is 8.27. The maximum atomic E-state index is 13.5. The molecular weight excluding hydrogens is 356 g/mol. The highest BCUT2D eigenvalue weighted by Gasteiger charge is 2.43. The van der Waals surface area contributed by atoms with Crippen molar-refractivity contribution in [3.8, 4) is 0 Å². The van der Waals surface area contributed by atoms with Gasteiger partial charge in [0.25, 0.3) is 0 Å². The Morgan fingerprint density at radius 1 is 0.966 bits per heavy atom. The minimum Gasteiger partial charge on any atom is -0.294 e. The Balaban J connectivity index is 1.83. The molecule has 2 aromatic carbocycles. The van der Waals surface area contributed by atoms with Gasteiger partial charge in [0, 0.05) is 30.3 Å². The van der Waals surface area contributed by atoms with Crippen molar-refractivity contribution in [2.45, 2.75) is 26.4 Å². The van der Waals surface area contributed by atoms with E-state index in [-0.39, 0.29) is 11.8 Å². The van der Waals surface area contributed by atoms with Gasteiger partial charge in [0.2, 0.25) is 0 Å². The van der Waals surface area contributed by atoms with E-state index in [1.54, 1.807) is 6.20 Å². The molecule has 0 N–H and O–H groups in total. The number of rotatable bonds is 4. The SMILES string of the molecule is CC1(C)CN(Cc2ccccc2)C(c2ccccc2)C(=Cc2ccccn2)C1=O. The van der Waals surface area contributed by atoms with E-state index < -0.39 is 5.41 Å². The molecule has 4 rings (SSSR count). The maximum absolute atomic E-state index is 13.5. The van der Waals surface area contributed by atoms with Gasteiger partial charge in [-0.05, 0) is 29.3 Å². The molecule has 1 aliphatic heterocycles. The zero-order chi connectivity index (χ0) is 20.3. The Labute approximate surface area is 172 Å².